The highest BCUT2D eigenvalue weighted by Crippen LogP contribution is 2.39. The highest BCUT2D eigenvalue weighted by atomic mass is 19.1. The number of carbonyl (C=O) groups is 1. The minimum absolute atomic E-state index is 0.0455. The van der Waals surface area contributed by atoms with Gasteiger partial charge in [0.05, 0.1) is 35.2 Å². The van der Waals surface area contributed by atoms with Crippen molar-refractivity contribution in [3.05, 3.63) is 78.0 Å². The standard InChI is InChI=1S/C24H18FN5O2/c1-29(21-11-32-22-7-14-5-3-2-4-13(14)6-16(21)22)24(31)15-8-19-18(9-17(15)25)28-23(26)20-10-27-12-30(19)20/h2-10,12,21H,11H2,1H3,(H2,26,28)/t21-/m1/s1. The van der Waals surface area contributed by atoms with Crippen molar-refractivity contribution in [2.24, 2.45) is 0 Å². The number of rotatable bonds is 2. The van der Waals surface area contributed by atoms with Crippen molar-refractivity contribution in [3.63, 3.8) is 0 Å². The highest BCUT2D eigenvalue weighted by molar-refractivity contribution is 5.99. The summed E-state index contributed by atoms with van der Waals surface area (Å²) in [5.74, 6) is -0.105. The molecule has 0 fully saturated rings. The zero-order valence-corrected chi connectivity index (χ0v) is 17.1. The largest absolute Gasteiger partial charge is 0.491 e. The Labute approximate surface area is 181 Å². The molecule has 32 heavy (non-hydrogen) atoms. The van der Waals surface area contributed by atoms with Gasteiger partial charge in [0.25, 0.3) is 5.91 Å². The second-order valence-electron chi connectivity index (χ2n) is 7.95. The van der Waals surface area contributed by atoms with Crippen LogP contribution in [0.5, 0.6) is 5.75 Å². The van der Waals surface area contributed by atoms with Gasteiger partial charge in [0.15, 0.2) is 0 Å². The molecule has 0 spiro atoms. The molecule has 1 atom stereocenters. The lowest BCUT2D eigenvalue weighted by Gasteiger charge is -2.24. The molecule has 1 aliphatic rings. The summed E-state index contributed by atoms with van der Waals surface area (Å²) >= 11 is 0. The van der Waals surface area contributed by atoms with Gasteiger partial charge in [-0.25, -0.2) is 14.4 Å². The van der Waals surface area contributed by atoms with Crippen molar-refractivity contribution in [2.45, 2.75) is 6.04 Å². The van der Waals surface area contributed by atoms with Crippen LogP contribution in [0.25, 0.3) is 27.3 Å². The van der Waals surface area contributed by atoms with E-state index in [1.54, 1.807) is 24.0 Å². The number of nitrogens with zero attached hydrogens (tertiary/aromatic N) is 4. The van der Waals surface area contributed by atoms with Crippen molar-refractivity contribution >= 4 is 39.0 Å². The summed E-state index contributed by atoms with van der Waals surface area (Å²) in [6.45, 7) is 0.312. The highest BCUT2D eigenvalue weighted by Gasteiger charge is 2.32. The molecule has 8 heteroatoms. The van der Waals surface area contributed by atoms with Crippen molar-refractivity contribution < 1.29 is 13.9 Å². The van der Waals surface area contributed by atoms with Crippen LogP contribution in [0.1, 0.15) is 22.0 Å². The number of benzene rings is 3. The van der Waals surface area contributed by atoms with Gasteiger partial charge in [-0.1, -0.05) is 24.3 Å². The Bertz CT molecular complexity index is 1560. The van der Waals surface area contributed by atoms with Crippen molar-refractivity contribution in [1.29, 1.82) is 0 Å². The van der Waals surface area contributed by atoms with E-state index < -0.39 is 11.7 Å². The number of hydrogen-bond acceptors (Lipinski definition) is 5. The fourth-order valence-electron chi connectivity index (χ4n) is 4.39. The van der Waals surface area contributed by atoms with Crippen molar-refractivity contribution in [1.82, 2.24) is 19.3 Å². The number of carbonyl (C=O) groups excluding carboxylic acids is 1. The average Bonchev–Trinajstić information content (AvgIpc) is 3.44. The molecule has 3 aromatic carbocycles. The predicted molar refractivity (Wildman–Crippen MR) is 119 cm³/mol. The first-order chi connectivity index (χ1) is 15.5. The number of imidazole rings is 1. The van der Waals surface area contributed by atoms with E-state index in [4.69, 9.17) is 10.5 Å². The Balaban J connectivity index is 1.42. The smallest absolute Gasteiger partial charge is 0.257 e. The first-order valence-electron chi connectivity index (χ1n) is 10.1. The summed E-state index contributed by atoms with van der Waals surface area (Å²) in [5.41, 5.74) is 8.32. The molecule has 1 aliphatic heterocycles. The minimum Gasteiger partial charge on any atom is -0.491 e. The Kier molecular flexibility index (Phi) is 3.86. The van der Waals surface area contributed by atoms with Crippen LogP contribution in [0.15, 0.2) is 61.1 Å². The number of likely N-dealkylation sites (N-methyl/N-ethyl adjacent to an activating group) is 1. The van der Waals surface area contributed by atoms with E-state index in [0.717, 1.165) is 22.1 Å². The van der Waals surface area contributed by atoms with Crippen LogP contribution in [0.4, 0.5) is 10.2 Å². The Morgan fingerprint density at radius 1 is 1.19 bits per heavy atom. The Morgan fingerprint density at radius 2 is 1.97 bits per heavy atom. The van der Waals surface area contributed by atoms with Gasteiger partial charge in [0, 0.05) is 18.7 Å². The number of amides is 1. The molecule has 0 aliphatic carbocycles. The number of fused-ring (bicyclic) bond motifs is 5. The van der Waals surface area contributed by atoms with Gasteiger partial charge < -0.3 is 15.4 Å². The summed E-state index contributed by atoms with van der Waals surface area (Å²) in [6, 6.07) is 14.4. The average molecular weight is 427 g/mol. The number of hydrogen-bond donors (Lipinski definition) is 1. The molecular formula is C24H18FN5O2. The number of halogens is 1. The van der Waals surface area contributed by atoms with Gasteiger partial charge in [-0.3, -0.25) is 9.20 Å². The third-order valence-electron chi connectivity index (χ3n) is 6.12. The predicted octanol–water partition coefficient (Wildman–Crippen LogP) is 3.96. The van der Waals surface area contributed by atoms with Gasteiger partial charge in [-0.15, -0.1) is 0 Å². The fraction of sp³-hybridized carbons (Fsp3) is 0.125. The number of anilines is 1. The van der Waals surface area contributed by atoms with E-state index in [9.17, 15) is 9.18 Å². The number of aromatic nitrogens is 3. The first-order valence-corrected chi connectivity index (χ1v) is 10.1. The minimum atomic E-state index is -0.654. The van der Waals surface area contributed by atoms with Gasteiger partial charge in [0.2, 0.25) is 0 Å². The molecule has 6 rings (SSSR count). The first kappa shape index (κ1) is 18.6. The van der Waals surface area contributed by atoms with E-state index in [1.165, 1.54) is 17.0 Å². The molecule has 1 amide bonds. The fourth-order valence-corrected chi connectivity index (χ4v) is 4.39. The van der Waals surface area contributed by atoms with E-state index in [-0.39, 0.29) is 17.4 Å². The molecule has 2 N–H and O–H groups in total. The van der Waals surface area contributed by atoms with E-state index >= 15 is 0 Å². The zero-order valence-electron chi connectivity index (χ0n) is 17.1. The van der Waals surface area contributed by atoms with Gasteiger partial charge >= 0.3 is 0 Å². The summed E-state index contributed by atoms with van der Waals surface area (Å²) in [5, 5.41) is 2.13. The Hall–Kier alpha value is -4.20. The molecule has 0 bridgehead atoms. The summed E-state index contributed by atoms with van der Waals surface area (Å²) in [7, 11) is 1.67. The maximum Gasteiger partial charge on any atom is 0.257 e. The maximum atomic E-state index is 15.0. The SMILES string of the molecule is CN(C(=O)c1cc2c(cc1F)nc(N)c1cncn12)[C@@H]1COc2cc3ccccc3cc21. The summed E-state index contributed by atoms with van der Waals surface area (Å²) < 4.78 is 22.6. The van der Waals surface area contributed by atoms with Gasteiger partial charge in [-0.05, 0) is 29.0 Å². The number of nitrogens with two attached hydrogens (primary N) is 1. The normalized spacial score (nSPS) is 15.2. The molecule has 7 nitrogen and oxygen atoms in total. The molecule has 0 radical (unpaired) electrons. The molecule has 158 valence electrons. The maximum absolute atomic E-state index is 15.0. The summed E-state index contributed by atoms with van der Waals surface area (Å²) in [6.07, 6.45) is 3.15. The third-order valence-corrected chi connectivity index (χ3v) is 6.12. The van der Waals surface area contributed by atoms with E-state index in [1.807, 2.05) is 36.4 Å². The molecule has 5 aromatic rings. The third kappa shape index (κ3) is 2.62. The quantitative estimate of drug-likeness (QED) is 0.461. The van der Waals surface area contributed by atoms with Crippen molar-refractivity contribution in [3.8, 4) is 5.75 Å². The second-order valence-corrected chi connectivity index (χ2v) is 7.95. The van der Waals surface area contributed by atoms with Gasteiger partial charge in [0.1, 0.15) is 29.5 Å². The van der Waals surface area contributed by atoms with Gasteiger partial charge in [-0.2, -0.15) is 0 Å². The zero-order chi connectivity index (χ0) is 22.0. The van der Waals surface area contributed by atoms with Crippen LogP contribution in [0.3, 0.4) is 0 Å². The van der Waals surface area contributed by atoms with E-state index in [2.05, 4.69) is 9.97 Å². The monoisotopic (exact) mass is 427 g/mol. The topological polar surface area (TPSA) is 85.8 Å². The van der Waals surface area contributed by atoms with Crippen LogP contribution in [0.2, 0.25) is 0 Å². The Morgan fingerprint density at radius 3 is 2.78 bits per heavy atom. The molecule has 3 heterocycles. The van der Waals surface area contributed by atoms with Crippen LogP contribution < -0.4 is 10.5 Å². The summed E-state index contributed by atoms with van der Waals surface area (Å²) in [4.78, 5) is 23.2. The van der Waals surface area contributed by atoms with Crippen LogP contribution >= 0.6 is 0 Å². The number of nitrogen functional groups attached to an aromatic ring is 1. The lowest BCUT2D eigenvalue weighted by molar-refractivity contribution is 0.0704. The molecule has 0 saturated carbocycles. The van der Waals surface area contributed by atoms with Crippen LogP contribution in [0, 0.1) is 5.82 Å². The molecule has 0 saturated heterocycles. The van der Waals surface area contributed by atoms with E-state index in [0.29, 0.717) is 23.2 Å². The molecular weight excluding hydrogens is 409 g/mol. The number of ether oxygens (including phenoxy) is 1. The van der Waals surface area contributed by atoms with Crippen LogP contribution in [-0.4, -0.2) is 38.8 Å². The molecule has 0 unspecified atom stereocenters. The second kappa shape index (κ2) is 6.65. The lowest BCUT2D eigenvalue weighted by atomic mass is 10.0. The molecule has 2 aromatic heterocycles. The van der Waals surface area contributed by atoms with Crippen LogP contribution in [-0.2, 0) is 0 Å². The van der Waals surface area contributed by atoms with Crippen molar-refractivity contribution in [2.75, 3.05) is 19.4 Å². The lowest BCUT2D eigenvalue weighted by Crippen LogP contribution is -2.32.